The summed E-state index contributed by atoms with van der Waals surface area (Å²) in [4.78, 5) is 4.87. The second-order valence-corrected chi connectivity index (χ2v) is 5.84. The molecule has 0 unspecified atom stereocenters. The molecule has 4 aromatic rings. The normalized spacial score (nSPS) is 11.6. The Morgan fingerprint density at radius 2 is 1.28 bits per heavy atom. The molecule has 0 heterocycles. The highest BCUT2D eigenvalue weighted by atomic mass is 16.3. The van der Waals surface area contributed by atoms with Gasteiger partial charge in [-0.15, -0.1) is 0 Å². The molecule has 2 heteroatoms. The maximum Gasteiger partial charge on any atom is 0.125 e. The molecule has 0 saturated carbocycles. The van der Waals surface area contributed by atoms with Gasteiger partial charge in [-0.25, -0.2) is 4.99 Å². The van der Waals surface area contributed by atoms with E-state index in [-0.39, 0.29) is 5.75 Å². The third kappa shape index (κ3) is 3.02. The molecule has 0 aliphatic carbocycles. The smallest absolute Gasteiger partial charge is 0.125 e. The van der Waals surface area contributed by atoms with Crippen molar-refractivity contribution in [3.63, 3.8) is 0 Å². The maximum absolute atomic E-state index is 10.6. The summed E-state index contributed by atoms with van der Waals surface area (Å²) in [5, 5.41) is 12.7. The van der Waals surface area contributed by atoms with Crippen molar-refractivity contribution in [2.24, 2.45) is 4.99 Å². The highest BCUT2D eigenvalue weighted by molar-refractivity contribution is 6.21. The molecule has 120 valence electrons. The van der Waals surface area contributed by atoms with Gasteiger partial charge in [0.2, 0.25) is 0 Å². The fraction of sp³-hybridized carbons (Fsp3) is 0. The van der Waals surface area contributed by atoms with E-state index in [2.05, 4.69) is 0 Å². The minimum absolute atomic E-state index is 0.234. The van der Waals surface area contributed by atoms with E-state index >= 15 is 0 Å². The number of phenolic OH excluding ortho intramolecular Hbond substituents is 1. The molecule has 0 atom stereocenters. The van der Waals surface area contributed by atoms with Crippen molar-refractivity contribution in [2.45, 2.75) is 0 Å². The van der Waals surface area contributed by atoms with Crippen molar-refractivity contribution < 1.29 is 5.11 Å². The first kappa shape index (κ1) is 15.2. The molecule has 0 spiro atoms. The van der Waals surface area contributed by atoms with E-state index in [4.69, 9.17) is 4.99 Å². The lowest BCUT2D eigenvalue weighted by molar-refractivity contribution is 0.475. The number of fused-ring (bicyclic) bond motifs is 1. The van der Waals surface area contributed by atoms with Crippen LogP contribution in [-0.4, -0.2) is 10.8 Å². The van der Waals surface area contributed by atoms with Gasteiger partial charge in [0.15, 0.2) is 0 Å². The molecular formula is C23H17NO. The van der Waals surface area contributed by atoms with Crippen molar-refractivity contribution in [3.05, 3.63) is 108 Å². The van der Waals surface area contributed by atoms with Crippen molar-refractivity contribution >= 4 is 22.2 Å². The molecule has 4 aromatic carbocycles. The zero-order valence-electron chi connectivity index (χ0n) is 13.6. The van der Waals surface area contributed by atoms with Crippen LogP contribution >= 0.6 is 0 Å². The fourth-order valence-electron chi connectivity index (χ4n) is 3.00. The lowest BCUT2D eigenvalue weighted by Gasteiger charge is -2.13. The number of rotatable bonds is 3. The number of benzene rings is 4. The molecule has 4 rings (SSSR count). The van der Waals surface area contributed by atoms with Crippen LogP contribution in [0.4, 0.5) is 5.69 Å². The standard InChI is InChI=1S/C23H17NO/c25-21-16-15-17-9-7-8-14-20(17)22(21)23(18-10-3-1-4-11-18)24-19-12-5-2-6-13-19/h1-16,25H. The summed E-state index contributed by atoms with van der Waals surface area (Å²) in [6, 6.07) is 31.5. The summed E-state index contributed by atoms with van der Waals surface area (Å²) < 4.78 is 0. The number of nitrogens with zero attached hydrogens (tertiary/aromatic N) is 1. The van der Waals surface area contributed by atoms with Crippen LogP contribution in [0.2, 0.25) is 0 Å². The summed E-state index contributed by atoms with van der Waals surface area (Å²) in [5.74, 6) is 0.234. The average molecular weight is 323 g/mol. The van der Waals surface area contributed by atoms with Gasteiger partial charge in [0.1, 0.15) is 5.75 Å². The Kier molecular flexibility index (Phi) is 4.01. The van der Waals surface area contributed by atoms with Gasteiger partial charge in [-0.05, 0) is 29.0 Å². The Morgan fingerprint density at radius 3 is 2.04 bits per heavy atom. The molecule has 0 bridgehead atoms. The van der Waals surface area contributed by atoms with Crippen LogP contribution in [0.25, 0.3) is 10.8 Å². The number of aliphatic imine (C=N–C) groups is 1. The van der Waals surface area contributed by atoms with E-state index < -0.39 is 0 Å². The van der Waals surface area contributed by atoms with Crippen LogP contribution in [0.15, 0.2) is 102 Å². The SMILES string of the molecule is Oc1ccc2ccccc2c1C(=Nc1ccccc1)c1ccccc1. The molecular weight excluding hydrogens is 306 g/mol. The van der Waals surface area contributed by atoms with Gasteiger partial charge in [-0.1, -0.05) is 78.9 Å². The molecule has 0 saturated heterocycles. The second kappa shape index (κ2) is 6.62. The summed E-state index contributed by atoms with van der Waals surface area (Å²) in [6.07, 6.45) is 0. The molecule has 0 amide bonds. The van der Waals surface area contributed by atoms with Crippen molar-refractivity contribution in [1.29, 1.82) is 0 Å². The third-order valence-corrected chi connectivity index (χ3v) is 4.19. The van der Waals surface area contributed by atoms with Gasteiger partial charge in [0, 0.05) is 5.56 Å². The Hall–Kier alpha value is -3.39. The van der Waals surface area contributed by atoms with Gasteiger partial charge in [0.05, 0.1) is 17.0 Å². The van der Waals surface area contributed by atoms with E-state index in [1.54, 1.807) is 6.07 Å². The predicted octanol–water partition coefficient (Wildman–Crippen LogP) is 5.71. The number of phenols is 1. The van der Waals surface area contributed by atoms with Crippen molar-refractivity contribution in [2.75, 3.05) is 0 Å². The molecule has 2 nitrogen and oxygen atoms in total. The van der Waals surface area contributed by atoms with Gasteiger partial charge in [-0.2, -0.15) is 0 Å². The Bertz CT molecular complexity index is 1040. The van der Waals surface area contributed by atoms with E-state index in [0.717, 1.165) is 33.3 Å². The van der Waals surface area contributed by atoms with E-state index in [1.807, 2.05) is 91.0 Å². The minimum Gasteiger partial charge on any atom is -0.507 e. The first-order valence-electron chi connectivity index (χ1n) is 8.23. The van der Waals surface area contributed by atoms with E-state index in [9.17, 15) is 5.11 Å². The largest absolute Gasteiger partial charge is 0.507 e. The zero-order chi connectivity index (χ0) is 17.1. The quantitative estimate of drug-likeness (QED) is 0.481. The predicted molar refractivity (Wildman–Crippen MR) is 104 cm³/mol. The van der Waals surface area contributed by atoms with Crippen LogP contribution in [0, 0.1) is 0 Å². The van der Waals surface area contributed by atoms with Crippen molar-refractivity contribution in [3.8, 4) is 5.75 Å². The average Bonchev–Trinajstić information content (AvgIpc) is 2.68. The molecule has 25 heavy (non-hydrogen) atoms. The van der Waals surface area contributed by atoms with Gasteiger partial charge >= 0.3 is 0 Å². The van der Waals surface area contributed by atoms with Crippen LogP contribution in [0.1, 0.15) is 11.1 Å². The lowest BCUT2D eigenvalue weighted by atomic mass is 9.95. The third-order valence-electron chi connectivity index (χ3n) is 4.19. The van der Waals surface area contributed by atoms with E-state index in [0.29, 0.717) is 0 Å². The summed E-state index contributed by atoms with van der Waals surface area (Å²) in [6.45, 7) is 0. The van der Waals surface area contributed by atoms with Crippen LogP contribution in [0.3, 0.4) is 0 Å². The lowest BCUT2D eigenvalue weighted by Crippen LogP contribution is -2.04. The van der Waals surface area contributed by atoms with Gasteiger partial charge in [-0.3, -0.25) is 0 Å². The molecule has 0 radical (unpaired) electrons. The monoisotopic (exact) mass is 323 g/mol. The number of para-hydroxylation sites is 1. The number of aromatic hydroxyl groups is 1. The Morgan fingerprint density at radius 1 is 0.640 bits per heavy atom. The summed E-state index contributed by atoms with van der Waals surface area (Å²) in [5.41, 5.74) is 3.35. The summed E-state index contributed by atoms with van der Waals surface area (Å²) >= 11 is 0. The maximum atomic E-state index is 10.6. The van der Waals surface area contributed by atoms with Crippen molar-refractivity contribution in [1.82, 2.24) is 0 Å². The zero-order valence-corrected chi connectivity index (χ0v) is 13.6. The first-order chi connectivity index (χ1) is 12.3. The van der Waals surface area contributed by atoms with Gasteiger partial charge in [0.25, 0.3) is 0 Å². The topological polar surface area (TPSA) is 32.6 Å². The highest BCUT2D eigenvalue weighted by Gasteiger charge is 2.15. The first-order valence-corrected chi connectivity index (χ1v) is 8.23. The van der Waals surface area contributed by atoms with E-state index in [1.165, 1.54) is 0 Å². The Labute approximate surface area is 146 Å². The fourth-order valence-corrected chi connectivity index (χ4v) is 3.00. The van der Waals surface area contributed by atoms with Crippen LogP contribution < -0.4 is 0 Å². The molecule has 1 N–H and O–H groups in total. The Balaban J connectivity index is 2.03. The molecule has 0 aromatic heterocycles. The van der Waals surface area contributed by atoms with Gasteiger partial charge < -0.3 is 5.11 Å². The number of hydrogen-bond acceptors (Lipinski definition) is 2. The van der Waals surface area contributed by atoms with Crippen LogP contribution in [0.5, 0.6) is 5.75 Å². The summed E-state index contributed by atoms with van der Waals surface area (Å²) in [7, 11) is 0. The molecule has 0 aliphatic rings. The van der Waals surface area contributed by atoms with Crippen LogP contribution in [-0.2, 0) is 0 Å². The second-order valence-electron chi connectivity index (χ2n) is 5.84. The minimum atomic E-state index is 0.234. The number of hydrogen-bond donors (Lipinski definition) is 1. The highest BCUT2D eigenvalue weighted by Crippen LogP contribution is 2.31. The molecule has 0 fully saturated rings. The molecule has 0 aliphatic heterocycles.